The second kappa shape index (κ2) is 5.35. The van der Waals surface area contributed by atoms with Gasteiger partial charge in [0.2, 0.25) is 5.95 Å². The molecule has 2 aliphatic rings. The molecule has 2 aromatic rings. The standard InChI is InChI=1S/C16H22N6/c1-9-11-4-3-5-12(11)13-14(17-2)21-16(22-15(13)19-9)20-10-6-7-18-8-10/h10,18H,3-8H2,1-2H3,(H2,17,19,20,21,22)/t10-/m1/s1. The van der Waals surface area contributed by atoms with Crippen molar-refractivity contribution in [3.8, 4) is 0 Å². The van der Waals surface area contributed by atoms with Crippen LogP contribution in [0.5, 0.6) is 0 Å². The summed E-state index contributed by atoms with van der Waals surface area (Å²) in [5.41, 5.74) is 4.72. The van der Waals surface area contributed by atoms with Gasteiger partial charge in [0, 0.05) is 25.3 Å². The first-order valence-electron chi connectivity index (χ1n) is 8.11. The Bertz CT molecular complexity index is 720. The van der Waals surface area contributed by atoms with Gasteiger partial charge in [0.25, 0.3) is 0 Å². The normalized spacial score (nSPS) is 20.4. The number of rotatable bonds is 3. The lowest BCUT2D eigenvalue weighted by Crippen LogP contribution is -2.23. The summed E-state index contributed by atoms with van der Waals surface area (Å²) in [6.45, 7) is 4.11. The lowest BCUT2D eigenvalue weighted by Gasteiger charge is -2.15. The summed E-state index contributed by atoms with van der Waals surface area (Å²) in [5, 5.41) is 11.1. The van der Waals surface area contributed by atoms with E-state index in [1.165, 1.54) is 17.5 Å². The summed E-state index contributed by atoms with van der Waals surface area (Å²) in [5.74, 6) is 1.57. The summed E-state index contributed by atoms with van der Waals surface area (Å²) in [7, 11) is 1.92. The first-order valence-corrected chi connectivity index (χ1v) is 8.11. The quantitative estimate of drug-likeness (QED) is 0.800. The molecule has 4 rings (SSSR count). The summed E-state index contributed by atoms with van der Waals surface area (Å²) in [4.78, 5) is 14.1. The number of anilines is 2. The molecule has 116 valence electrons. The van der Waals surface area contributed by atoms with Gasteiger partial charge in [-0.2, -0.15) is 9.97 Å². The Morgan fingerprint density at radius 3 is 2.77 bits per heavy atom. The van der Waals surface area contributed by atoms with Crippen molar-refractivity contribution < 1.29 is 0 Å². The van der Waals surface area contributed by atoms with Gasteiger partial charge in [0.15, 0.2) is 5.65 Å². The van der Waals surface area contributed by atoms with Crippen molar-refractivity contribution in [2.24, 2.45) is 0 Å². The van der Waals surface area contributed by atoms with Gasteiger partial charge >= 0.3 is 0 Å². The van der Waals surface area contributed by atoms with Crippen LogP contribution in [0, 0.1) is 6.92 Å². The van der Waals surface area contributed by atoms with E-state index in [0.717, 1.165) is 54.9 Å². The van der Waals surface area contributed by atoms with Crippen LogP contribution in [0.25, 0.3) is 11.0 Å². The van der Waals surface area contributed by atoms with Crippen LogP contribution in [0.4, 0.5) is 11.8 Å². The highest BCUT2D eigenvalue weighted by Gasteiger charge is 2.22. The predicted octanol–water partition coefficient (Wildman–Crippen LogP) is 1.64. The fourth-order valence-electron chi connectivity index (χ4n) is 3.66. The molecule has 1 atom stereocenters. The third kappa shape index (κ3) is 2.18. The minimum absolute atomic E-state index is 0.401. The second-order valence-corrected chi connectivity index (χ2v) is 6.19. The van der Waals surface area contributed by atoms with Crippen LogP contribution in [0.15, 0.2) is 0 Å². The van der Waals surface area contributed by atoms with Gasteiger partial charge in [-0.25, -0.2) is 4.98 Å². The van der Waals surface area contributed by atoms with E-state index < -0.39 is 0 Å². The number of fused-ring (bicyclic) bond motifs is 3. The highest BCUT2D eigenvalue weighted by atomic mass is 15.2. The molecule has 2 aromatic heterocycles. The van der Waals surface area contributed by atoms with E-state index >= 15 is 0 Å². The van der Waals surface area contributed by atoms with Crippen molar-refractivity contribution in [2.45, 2.75) is 38.6 Å². The van der Waals surface area contributed by atoms with E-state index in [1.54, 1.807) is 0 Å². The van der Waals surface area contributed by atoms with E-state index in [-0.39, 0.29) is 0 Å². The molecule has 6 heteroatoms. The van der Waals surface area contributed by atoms with Gasteiger partial charge in [0.05, 0.1) is 5.39 Å². The Kier molecular flexibility index (Phi) is 3.33. The number of pyridine rings is 1. The van der Waals surface area contributed by atoms with E-state index in [0.29, 0.717) is 12.0 Å². The number of hydrogen-bond donors (Lipinski definition) is 3. The van der Waals surface area contributed by atoms with Crippen LogP contribution in [-0.4, -0.2) is 41.1 Å². The average molecular weight is 298 g/mol. The Hall–Kier alpha value is -1.95. The van der Waals surface area contributed by atoms with Gasteiger partial charge < -0.3 is 16.0 Å². The zero-order valence-electron chi connectivity index (χ0n) is 13.2. The summed E-state index contributed by atoms with van der Waals surface area (Å²) < 4.78 is 0. The van der Waals surface area contributed by atoms with Crippen LogP contribution in [-0.2, 0) is 12.8 Å². The molecule has 6 nitrogen and oxygen atoms in total. The molecular weight excluding hydrogens is 276 g/mol. The molecular formula is C16H22N6. The molecule has 0 amide bonds. The fraction of sp³-hybridized carbons (Fsp3) is 0.562. The number of aromatic nitrogens is 3. The smallest absolute Gasteiger partial charge is 0.226 e. The third-order valence-corrected chi connectivity index (χ3v) is 4.75. The van der Waals surface area contributed by atoms with Crippen LogP contribution in [0.2, 0.25) is 0 Å². The maximum Gasteiger partial charge on any atom is 0.226 e. The molecule has 1 fully saturated rings. The van der Waals surface area contributed by atoms with E-state index in [9.17, 15) is 0 Å². The summed E-state index contributed by atoms with van der Waals surface area (Å²) in [6.07, 6.45) is 4.54. The largest absolute Gasteiger partial charge is 0.372 e. The molecule has 22 heavy (non-hydrogen) atoms. The number of nitrogens with zero attached hydrogens (tertiary/aromatic N) is 3. The Balaban J connectivity index is 1.83. The zero-order valence-corrected chi connectivity index (χ0v) is 13.2. The lowest BCUT2D eigenvalue weighted by molar-refractivity contribution is 0.782. The Labute approximate surface area is 130 Å². The van der Waals surface area contributed by atoms with Crippen LogP contribution < -0.4 is 16.0 Å². The molecule has 0 bridgehead atoms. The lowest BCUT2D eigenvalue weighted by atomic mass is 10.1. The van der Waals surface area contributed by atoms with Crippen LogP contribution in [0.1, 0.15) is 29.7 Å². The molecule has 0 unspecified atom stereocenters. The number of nitrogens with one attached hydrogen (secondary N) is 3. The molecule has 1 aliphatic carbocycles. The zero-order chi connectivity index (χ0) is 15.1. The highest BCUT2D eigenvalue weighted by molar-refractivity contribution is 5.92. The first kappa shape index (κ1) is 13.7. The van der Waals surface area contributed by atoms with Gasteiger partial charge in [-0.1, -0.05) is 0 Å². The second-order valence-electron chi connectivity index (χ2n) is 6.19. The van der Waals surface area contributed by atoms with Crippen molar-refractivity contribution in [3.63, 3.8) is 0 Å². The highest BCUT2D eigenvalue weighted by Crippen LogP contribution is 2.34. The van der Waals surface area contributed by atoms with Crippen molar-refractivity contribution in [2.75, 3.05) is 30.8 Å². The maximum atomic E-state index is 4.74. The minimum Gasteiger partial charge on any atom is -0.372 e. The van der Waals surface area contributed by atoms with Crippen molar-refractivity contribution in [1.82, 2.24) is 20.3 Å². The Morgan fingerprint density at radius 2 is 2.00 bits per heavy atom. The SMILES string of the molecule is CNc1nc(N[C@@H]2CCNC2)nc2nc(C)c3c(c12)CCC3. The molecule has 1 aliphatic heterocycles. The van der Waals surface area contributed by atoms with Gasteiger partial charge in [-0.05, 0) is 50.3 Å². The average Bonchev–Trinajstić information content (AvgIpc) is 3.17. The van der Waals surface area contributed by atoms with Crippen LogP contribution >= 0.6 is 0 Å². The van der Waals surface area contributed by atoms with Crippen molar-refractivity contribution >= 4 is 22.8 Å². The number of hydrogen-bond acceptors (Lipinski definition) is 6. The van der Waals surface area contributed by atoms with Crippen molar-refractivity contribution in [3.05, 3.63) is 16.8 Å². The van der Waals surface area contributed by atoms with Crippen LogP contribution in [0.3, 0.4) is 0 Å². The van der Waals surface area contributed by atoms with E-state index in [1.807, 2.05) is 7.05 Å². The summed E-state index contributed by atoms with van der Waals surface area (Å²) in [6, 6.07) is 0.401. The van der Waals surface area contributed by atoms with Gasteiger partial charge in [-0.3, -0.25) is 0 Å². The molecule has 1 saturated heterocycles. The molecule has 3 N–H and O–H groups in total. The molecule has 0 spiro atoms. The third-order valence-electron chi connectivity index (χ3n) is 4.75. The van der Waals surface area contributed by atoms with Crippen molar-refractivity contribution in [1.29, 1.82) is 0 Å². The first-order chi connectivity index (χ1) is 10.8. The fourth-order valence-corrected chi connectivity index (χ4v) is 3.66. The monoisotopic (exact) mass is 298 g/mol. The topological polar surface area (TPSA) is 74.8 Å². The maximum absolute atomic E-state index is 4.74. The van der Waals surface area contributed by atoms with E-state index in [2.05, 4.69) is 32.8 Å². The Morgan fingerprint density at radius 1 is 1.14 bits per heavy atom. The van der Waals surface area contributed by atoms with Gasteiger partial charge in [-0.15, -0.1) is 0 Å². The number of aryl methyl sites for hydroxylation is 2. The van der Waals surface area contributed by atoms with Gasteiger partial charge in [0.1, 0.15) is 5.82 Å². The summed E-state index contributed by atoms with van der Waals surface area (Å²) >= 11 is 0. The minimum atomic E-state index is 0.401. The molecule has 0 aromatic carbocycles. The predicted molar refractivity (Wildman–Crippen MR) is 88.5 cm³/mol. The van der Waals surface area contributed by atoms with E-state index in [4.69, 9.17) is 4.98 Å². The molecule has 0 radical (unpaired) electrons. The molecule has 3 heterocycles. The molecule has 0 saturated carbocycles.